The lowest BCUT2D eigenvalue weighted by Crippen LogP contribution is -2.31. The number of hydrogen-bond donors (Lipinski definition) is 2. The van der Waals surface area contributed by atoms with Crippen molar-refractivity contribution in [3.8, 4) is 21.9 Å². The molecule has 0 amide bonds. The summed E-state index contributed by atoms with van der Waals surface area (Å²) in [7, 11) is 4.36. The molecule has 2 heterocycles. The van der Waals surface area contributed by atoms with Crippen molar-refractivity contribution in [2.45, 2.75) is 32.3 Å². The summed E-state index contributed by atoms with van der Waals surface area (Å²) in [5.74, 6) is -2.87. The van der Waals surface area contributed by atoms with Crippen LogP contribution in [0.25, 0.3) is 27.0 Å². The van der Waals surface area contributed by atoms with Crippen LogP contribution in [0.5, 0.6) is 11.5 Å². The van der Waals surface area contributed by atoms with Gasteiger partial charge in [-0.1, -0.05) is 20.8 Å². The smallest absolute Gasteiger partial charge is 0.349 e. The Kier molecular flexibility index (Phi) is 7.20. The minimum Gasteiger partial charge on any atom is -0.507 e. The van der Waals surface area contributed by atoms with E-state index in [1.165, 1.54) is 26.4 Å². The normalized spacial score (nSPS) is 18.2. The fraction of sp³-hybridized carbons (Fsp3) is 0.370. The molecule has 10 heteroatoms. The summed E-state index contributed by atoms with van der Waals surface area (Å²) in [4.78, 5) is 12.4. The number of allylic oxidation sites excluding steroid dienone is 2. The second-order valence-corrected chi connectivity index (χ2v) is 10.6. The molecule has 2 aromatic heterocycles. The third-order valence-corrected chi connectivity index (χ3v) is 7.76. The highest BCUT2D eigenvalue weighted by Gasteiger charge is 2.38. The lowest BCUT2D eigenvalue weighted by atomic mass is 9.85. The van der Waals surface area contributed by atoms with Crippen molar-refractivity contribution in [3.05, 3.63) is 52.6 Å². The molecule has 198 valence electrons. The van der Waals surface area contributed by atoms with Gasteiger partial charge in [0, 0.05) is 53.5 Å². The Morgan fingerprint density at radius 3 is 2.43 bits per heavy atom. The fourth-order valence-corrected chi connectivity index (χ4v) is 6.16. The second kappa shape index (κ2) is 9.92. The van der Waals surface area contributed by atoms with Gasteiger partial charge in [0.1, 0.15) is 29.2 Å². The predicted molar refractivity (Wildman–Crippen MR) is 139 cm³/mol. The van der Waals surface area contributed by atoms with Gasteiger partial charge in [0.25, 0.3) is 0 Å². The lowest BCUT2D eigenvalue weighted by molar-refractivity contribution is 0.0699. The topological polar surface area (TPSA) is 90.2 Å². The Morgan fingerprint density at radius 1 is 1.16 bits per heavy atom. The van der Waals surface area contributed by atoms with Gasteiger partial charge < -0.3 is 29.0 Å². The number of aromatic hydroxyl groups is 1. The Bertz CT molecular complexity index is 1430. The van der Waals surface area contributed by atoms with Crippen LogP contribution in [0.15, 0.2) is 36.2 Å². The zero-order valence-corrected chi connectivity index (χ0v) is 22.2. The van der Waals surface area contributed by atoms with Gasteiger partial charge in [-0.25, -0.2) is 13.6 Å². The van der Waals surface area contributed by atoms with Crippen molar-refractivity contribution in [1.82, 2.24) is 4.57 Å². The van der Waals surface area contributed by atoms with Gasteiger partial charge in [0.15, 0.2) is 4.88 Å². The van der Waals surface area contributed by atoms with E-state index in [2.05, 4.69) is 0 Å². The SMILES string of the molecule is COCC(C)(C)c1c(-c2cc(OC)c(C(=O)O)s2)c2c(O)cc(F)cc2n1C1=CC=C(F)C(OC)C1C. The molecular weight excluding hydrogens is 504 g/mol. The maximum absolute atomic E-state index is 14.8. The molecule has 4 rings (SSSR count). The number of methoxy groups -OCH3 is 3. The number of carboxylic acids is 1. The van der Waals surface area contributed by atoms with Crippen molar-refractivity contribution < 1.29 is 38.0 Å². The Morgan fingerprint density at radius 2 is 1.86 bits per heavy atom. The first kappa shape index (κ1) is 26.8. The molecule has 0 bridgehead atoms. The lowest BCUT2D eigenvalue weighted by Gasteiger charge is -2.33. The molecule has 0 radical (unpaired) electrons. The zero-order chi connectivity index (χ0) is 27.2. The maximum Gasteiger partial charge on any atom is 0.349 e. The Hall–Kier alpha value is -3.21. The van der Waals surface area contributed by atoms with Crippen LogP contribution in [0, 0.1) is 11.7 Å². The van der Waals surface area contributed by atoms with Gasteiger partial charge in [-0.3, -0.25) is 0 Å². The summed E-state index contributed by atoms with van der Waals surface area (Å²) in [6, 6.07) is 3.92. The van der Waals surface area contributed by atoms with Gasteiger partial charge in [-0.15, -0.1) is 11.3 Å². The van der Waals surface area contributed by atoms with Gasteiger partial charge in [0.2, 0.25) is 0 Å². The van der Waals surface area contributed by atoms with Crippen molar-refractivity contribution in [2.75, 3.05) is 27.9 Å². The van der Waals surface area contributed by atoms with E-state index in [0.29, 0.717) is 32.7 Å². The van der Waals surface area contributed by atoms with Crippen LogP contribution in [0.1, 0.15) is 36.1 Å². The van der Waals surface area contributed by atoms with Crippen molar-refractivity contribution >= 4 is 33.9 Å². The van der Waals surface area contributed by atoms with Gasteiger partial charge in [-0.05, 0) is 24.3 Å². The van der Waals surface area contributed by atoms with E-state index in [0.717, 1.165) is 17.4 Å². The number of carboxylic acid groups (broad SMARTS) is 1. The highest BCUT2D eigenvalue weighted by molar-refractivity contribution is 7.17. The van der Waals surface area contributed by atoms with Crippen LogP contribution in [0.4, 0.5) is 8.78 Å². The van der Waals surface area contributed by atoms with Crippen LogP contribution < -0.4 is 4.74 Å². The zero-order valence-electron chi connectivity index (χ0n) is 21.4. The standard InChI is InChI=1S/C27H29F2NO6S/c1-13-16(8-7-15(29)23(13)36-6)30-17-9-14(28)10-18(31)21(17)22(25(30)27(2,3)12-34-4)20-11-19(35-5)24(37-20)26(32)33/h7-11,13,23,31H,12H2,1-6H3,(H,32,33). The number of nitrogens with zero attached hydrogens (tertiary/aromatic N) is 1. The molecule has 0 fully saturated rings. The van der Waals surface area contributed by atoms with E-state index < -0.39 is 35.1 Å². The van der Waals surface area contributed by atoms with Crippen molar-refractivity contribution in [2.24, 2.45) is 5.92 Å². The summed E-state index contributed by atoms with van der Waals surface area (Å²) in [6.45, 7) is 5.91. The summed E-state index contributed by atoms with van der Waals surface area (Å²) in [5, 5.41) is 21.1. The Labute approximate surface area is 217 Å². The number of carbonyl (C=O) groups is 1. The summed E-state index contributed by atoms with van der Waals surface area (Å²) >= 11 is 0.988. The quantitative estimate of drug-likeness (QED) is 0.358. The number of rotatable bonds is 8. The fourth-order valence-electron chi connectivity index (χ4n) is 5.14. The van der Waals surface area contributed by atoms with Crippen LogP contribution in [-0.4, -0.2) is 54.8 Å². The second-order valence-electron chi connectivity index (χ2n) is 9.60. The number of hydrogen-bond acceptors (Lipinski definition) is 6. The predicted octanol–water partition coefficient (Wildman–Crippen LogP) is 6.20. The molecule has 0 spiro atoms. The largest absolute Gasteiger partial charge is 0.507 e. The highest BCUT2D eigenvalue weighted by Crippen LogP contribution is 2.51. The number of ether oxygens (including phenoxy) is 3. The minimum absolute atomic E-state index is 0.00907. The van der Waals surface area contributed by atoms with E-state index in [1.54, 1.807) is 30.7 Å². The molecule has 0 saturated carbocycles. The first-order valence-electron chi connectivity index (χ1n) is 11.5. The molecule has 7 nitrogen and oxygen atoms in total. The first-order valence-corrected chi connectivity index (χ1v) is 12.4. The number of aromatic carboxylic acids is 1. The van der Waals surface area contributed by atoms with E-state index >= 15 is 0 Å². The van der Waals surface area contributed by atoms with Gasteiger partial charge >= 0.3 is 5.97 Å². The Balaban J connectivity index is 2.21. The monoisotopic (exact) mass is 533 g/mol. The molecule has 3 aromatic rings. The van der Waals surface area contributed by atoms with E-state index in [9.17, 15) is 23.8 Å². The van der Waals surface area contributed by atoms with E-state index in [4.69, 9.17) is 14.2 Å². The number of phenolic OH excluding ortho intramolecular Hbond substituents is 1. The maximum atomic E-state index is 14.8. The molecule has 1 aliphatic carbocycles. The molecule has 2 atom stereocenters. The molecule has 1 aromatic carbocycles. The molecule has 1 aliphatic rings. The van der Waals surface area contributed by atoms with Crippen LogP contribution in [0.2, 0.25) is 0 Å². The molecule has 37 heavy (non-hydrogen) atoms. The molecule has 2 N–H and O–H groups in total. The van der Waals surface area contributed by atoms with E-state index in [1.807, 2.05) is 13.8 Å². The number of thiophene rings is 1. The molecule has 2 unspecified atom stereocenters. The third kappa shape index (κ3) is 4.43. The third-order valence-electron chi connectivity index (χ3n) is 6.64. The summed E-state index contributed by atoms with van der Waals surface area (Å²) in [6.07, 6.45) is 2.07. The van der Waals surface area contributed by atoms with Crippen molar-refractivity contribution in [3.63, 3.8) is 0 Å². The van der Waals surface area contributed by atoms with Crippen LogP contribution in [0.3, 0.4) is 0 Å². The number of halogens is 2. The highest BCUT2D eigenvalue weighted by atomic mass is 32.1. The van der Waals surface area contributed by atoms with Crippen molar-refractivity contribution in [1.29, 1.82) is 0 Å². The molecule has 0 aliphatic heterocycles. The number of phenols is 1. The minimum atomic E-state index is -1.16. The molecule has 0 saturated heterocycles. The first-order chi connectivity index (χ1) is 17.5. The van der Waals surface area contributed by atoms with E-state index in [-0.39, 0.29) is 23.0 Å². The van der Waals surface area contributed by atoms with Crippen LogP contribution in [-0.2, 0) is 14.9 Å². The van der Waals surface area contributed by atoms with Crippen LogP contribution >= 0.6 is 11.3 Å². The average molecular weight is 534 g/mol. The number of aromatic nitrogens is 1. The average Bonchev–Trinajstić information content (AvgIpc) is 3.39. The van der Waals surface area contributed by atoms with Gasteiger partial charge in [0.05, 0.1) is 24.6 Å². The molecular formula is C27H29F2NO6S. The summed E-state index contributed by atoms with van der Waals surface area (Å²) < 4.78 is 47.5. The number of benzene rings is 1. The summed E-state index contributed by atoms with van der Waals surface area (Å²) in [5.41, 5.74) is 1.39. The van der Waals surface area contributed by atoms with Gasteiger partial charge in [-0.2, -0.15) is 0 Å². The number of fused-ring (bicyclic) bond motifs is 1.